The van der Waals surface area contributed by atoms with Crippen molar-refractivity contribution in [1.82, 2.24) is 10.6 Å². The predicted octanol–water partition coefficient (Wildman–Crippen LogP) is 3.80. The molecule has 0 spiro atoms. The van der Waals surface area contributed by atoms with Gasteiger partial charge in [0, 0.05) is 18.1 Å². The van der Waals surface area contributed by atoms with Crippen molar-refractivity contribution in [3.05, 3.63) is 0 Å². The lowest BCUT2D eigenvalue weighted by Gasteiger charge is -2.23. The van der Waals surface area contributed by atoms with E-state index in [1.165, 1.54) is 32.1 Å². The van der Waals surface area contributed by atoms with Gasteiger partial charge in [0.25, 0.3) is 0 Å². The SMILES string of the molecule is CCCCCCCCNC(=O)NC1(C)CSSC1. The first kappa shape index (κ1) is 16.0. The van der Waals surface area contributed by atoms with Gasteiger partial charge in [-0.05, 0) is 13.3 Å². The summed E-state index contributed by atoms with van der Waals surface area (Å²) in [6.45, 7) is 5.14. The third-order valence-corrected chi connectivity index (χ3v) is 5.95. The Hall–Kier alpha value is -0.0300. The van der Waals surface area contributed by atoms with Gasteiger partial charge in [-0.25, -0.2) is 4.79 Å². The van der Waals surface area contributed by atoms with Crippen LogP contribution >= 0.6 is 21.6 Å². The molecule has 0 atom stereocenters. The third-order valence-electron chi connectivity index (χ3n) is 3.07. The smallest absolute Gasteiger partial charge is 0.315 e. The summed E-state index contributed by atoms with van der Waals surface area (Å²) in [7, 11) is 3.67. The summed E-state index contributed by atoms with van der Waals surface area (Å²) in [5.74, 6) is 2.00. The Bertz CT molecular complexity index is 243. The molecule has 1 heterocycles. The van der Waals surface area contributed by atoms with E-state index in [0.717, 1.165) is 24.5 Å². The Morgan fingerprint density at radius 3 is 2.39 bits per heavy atom. The maximum Gasteiger partial charge on any atom is 0.315 e. The maximum atomic E-state index is 11.7. The molecule has 1 rings (SSSR count). The zero-order valence-corrected chi connectivity index (χ0v) is 13.2. The van der Waals surface area contributed by atoms with Gasteiger partial charge in [0.15, 0.2) is 0 Å². The van der Waals surface area contributed by atoms with Crippen molar-refractivity contribution in [3.63, 3.8) is 0 Å². The average Bonchev–Trinajstić information content (AvgIpc) is 2.74. The van der Waals surface area contributed by atoms with E-state index in [0.29, 0.717) is 0 Å². The lowest BCUT2D eigenvalue weighted by Crippen LogP contribution is -2.52. The van der Waals surface area contributed by atoms with Crippen molar-refractivity contribution in [3.8, 4) is 0 Å². The normalized spacial score (nSPS) is 17.7. The molecule has 3 nitrogen and oxygen atoms in total. The number of hydrogen-bond donors (Lipinski definition) is 2. The standard InChI is InChI=1S/C13H26N2OS2/c1-3-4-5-6-7-8-9-14-12(16)15-13(2)10-17-18-11-13/h3-11H2,1-2H3,(H2,14,15,16). The highest BCUT2D eigenvalue weighted by Crippen LogP contribution is 2.36. The Labute approximate surface area is 119 Å². The number of hydrogen-bond acceptors (Lipinski definition) is 3. The molecule has 0 aromatic heterocycles. The Morgan fingerprint density at radius 2 is 1.72 bits per heavy atom. The van der Waals surface area contributed by atoms with Crippen molar-refractivity contribution >= 4 is 27.6 Å². The van der Waals surface area contributed by atoms with Gasteiger partial charge in [0.1, 0.15) is 0 Å². The summed E-state index contributed by atoms with van der Waals surface area (Å²) in [5, 5.41) is 6.03. The van der Waals surface area contributed by atoms with Gasteiger partial charge < -0.3 is 10.6 Å². The topological polar surface area (TPSA) is 41.1 Å². The summed E-state index contributed by atoms with van der Waals surface area (Å²) in [6, 6.07) is -0.00541. The Morgan fingerprint density at radius 1 is 1.11 bits per heavy atom. The van der Waals surface area contributed by atoms with E-state index in [1.807, 2.05) is 21.6 Å². The van der Waals surface area contributed by atoms with Crippen LogP contribution in [-0.2, 0) is 0 Å². The van der Waals surface area contributed by atoms with E-state index >= 15 is 0 Å². The zero-order chi connectivity index (χ0) is 13.3. The van der Waals surface area contributed by atoms with Gasteiger partial charge in [-0.3, -0.25) is 0 Å². The molecule has 18 heavy (non-hydrogen) atoms. The van der Waals surface area contributed by atoms with Gasteiger partial charge in [-0.1, -0.05) is 60.6 Å². The first-order valence-electron chi connectivity index (χ1n) is 6.97. The van der Waals surface area contributed by atoms with E-state index in [2.05, 4.69) is 24.5 Å². The van der Waals surface area contributed by atoms with Gasteiger partial charge in [-0.2, -0.15) is 0 Å². The molecule has 0 radical (unpaired) electrons. The second-order valence-corrected chi connectivity index (χ2v) is 7.70. The number of unbranched alkanes of at least 4 members (excludes halogenated alkanes) is 5. The molecule has 2 amide bonds. The van der Waals surface area contributed by atoms with Crippen molar-refractivity contribution in [2.45, 2.75) is 57.9 Å². The third kappa shape index (κ3) is 6.78. The van der Waals surface area contributed by atoms with E-state index in [1.54, 1.807) is 0 Å². The Kier molecular flexibility index (Phi) is 7.98. The van der Waals surface area contributed by atoms with E-state index in [4.69, 9.17) is 0 Å². The Balaban J connectivity index is 1.97. The van der Waals surface area contributed by atoms with Gasteiger partial charge in [-0.15, -0.1) is 0 Å². The van der Waals surface area contributed by atoms with Gasteiger partial charge in [0.05, 0.1) is 5.54 Å². The van der Waals surface area contributed by atoms with Crippen LogP contribution in [-0.4, -0.2) is 29.6 Å². The number of nitrogens with one attached hydrogen (secondary N) is 2. The van der Waals surface area contributed by atoms with E-state index < -0.39 is 0 Å². The summed E-state index contributed by atoms with van der Waals surface area (Å²) in [4.78, 5) is 11.7. The fraction of sp³-hybridized carbons (Fsp3) is 0.923. The number of amides is 2. The number of carbonyl (C=O) groups is 1. The van der Waals surface area contributed by atoms with Crippen LogP contribution < -0.4 is 10.6 Å². The highest BCUT2D eigenvalue weighted by atomic mass is 33.1. The molecule has 5 heteroatoms. The van der Waals surface area contributed by atoms with Crippen LogP contribution in [0.15, 0.2) is 0 Å². The molecular formula is C13H26N2OS2. The molecule has 0 saturated carbocycles. The summed E-state index contributed by atoms with van der Waals surface area (Å²) < 4.78 is 0. The van der Waals surface area contributed by atoms with Crippen LogP contribution in [0.1, 0.15) is 52.4 Å². The summed E-state index contributed by atoms with van der Waals surface area (Å²) in [5.41, 5.74) is -0.0272. The van der Waals surface area contributed by atoms with Crippen molar-refractivity contribution in [2.24, 2.45) is 0 Å². The molecule has 1 fully saturated rings. The molecule has 1 aliphatic rings. The fourth-order valence-corrected chi connectivity index (χ4v) is 5.11. The van der Waals surface area contributed by atoms with E-state index in [9.17, 15) is 4.79 Å². The molecule has 0 aromatic carbocycles. The molecule has 2 N–H and O–H groups in total. The van der Waals surface area contributed by atoms with Crippen molar-refractivity contribution < 1.29 is 4.79 Å². The first-order chi connectivity index (χ1) is 8.66. The number of rotatable bonds is 8. The van der Waals surface area contributed by atoms with Crippen molar-refractivity contribution in [2.75, 3.05) is 18.1 Å². The molecule has 1 aliphatic heterocycles. The lowest BCUT2D eigenvalue weighted by molar-refractivity contribution is 0.233. The van der Waals surface area contributed by atoms with Crippen LogP contribution in [0.3, 0.4) is 0 Å². The summed E-state index contributed by atoms with van der Waals surface area (Å²) in [6.07, 6.45) is 7.56. The maximum absolute atomic E-state index is 11.7. The van der Waals surface area contributed by atoms with Crippen LogP contribution in [0.2, 0.25) is 0 Å². The van der Waals surface area contributed by atoms with E-state index in [-0.39, 0.29) is 11.6 Å². The molecule has 106 valence electrons. The minimum atomic E-state index is -0.0272. The minimum absolute atomic E-state index is 0.00541. The second-order valence-electron chi connectivity index (χ2n) is 5.23. The summed E-state index contributed by atoms with van der Waals surface area (Å²) >= 11 is 0. The average molecular weight is 290 g/mol. The quantitative estimate of drug-likeness (QED) is 0.528. The molecule has 0 aromatic rings. The molecule has 0 unspecified atom stereocenters. The fourth-order valence-electron chi connectivity index (χ4n) is 1.88. The van der Waals surface area contributed by atoms with Crippen LogP contribution in [0.5, 0.6) is 0 Å². The highest BCUT2D eigenvalue weighted by molar-refractivity contribution is 8.77. The van der Waals surface area contributed by atoms with Crippen molar-refractivity contribution in [1.29, 1.82) is 0 Å². The van der Waals surface area contributed by atoms with Crippen LogP contribution in [0.25, 0.3) is 0 Å². The largest absolute Gasteiger partial charge is 0.338 e. The number of urea groups is 1. The lowest BCUT2D eigenvalue weighted by atomic mass is 10.1. The molecule has 0 aliphatic carbocycles. The van der Waals surface area contributed by atoms with Crippen LogP contribution in [0, 0.1) is 0 Å². The monoisotopic (exact) mass is 290 g/mol. The van der Waals surface area contributed by atoms with Gasteiger partial charge >= 0.3 is 6.03 Å². The zero-order valence-electron chi connectivity index (χ0n) is 11.6. The van der Waals surface area contributed by atoms with Crippen LogP contribution in [0.4, 0.5) is 4.79 Å². The second kappa shape index (κ2) is 8.97. The number of carbonyl (C=O) groups excluding carboxylic acids is 1. The minimum Gasteiger partial charge on any atom is -0.338 e. The molecule has 1 saturated heterocycles. The highest BCUT2D eigenvalue weighted by Gasteiger charge is 2.31. The first-order valence-corrected chi connectivity index (χ1v) is 9.45. The predicted molar refractivity (Wildman–Crippen MR) is 83.2 cm³/mol. The molecular weight excluding hydrogens is 264 g/mol. The molecule has 0 bridgehead atoms. The van der Waals surface area contributed by atoms with Gasteiger partial charge in [0.2, 0.25) is 0 Å².